The summed E-state index contributed by atoms with van der Waals surface area (Å²) in [7, 11) is -3.74. The van der Waals surface area contributed by atoms with Crippen LogP contribution in [0.2, 0.25) is 0 Å². The summed E-state index contributed by atoms with van der Waals surface area (Å²) in [6.45, 7) is 8.95. The van der Waals surface area contributed by atoms with Crippen LogP contribution in [0.15, 0.2) is 47.4 Å². The molecule has 2 aromatic rings. The lowest BCUT2D eigenvalue weighted by atomic mass is 10.1. The number of aryl methyl sites for hydroxylation is 1. The van der Waals surface area contributed by atoms with E-state index in [1.54, 1.807) is 36.4 Å². The predicted octanol–water partition coefficient (Wildman–Crippen LogP) is 2.34. The van der Waals surface area contributed by atoms with E-state index in [9.17, 15) is 13.2 Å². The highest BCUT2D eigenvalue weighted by Crippen LogP contribution is 2.26. The molecule has 1 saturated heterocycles. The maximum Gasteiger partial charge on any atom is 0.261 e. The summed E-state index contributed by atoms with van der Waals surface area (Å²) < 4.78 is 28.1. The van der Waals surface area contributed by atoms with Crippen molar-refractivity contribution in [2.75, 3.05) is 35.8 Å². The molecular weight excluding hydrogens is 388 g/mol. The monoisotopic (exact) mass is 416 g/mol. The SMILES string of the molecule is Cc1ccc(S(=O)(=O)Nc2ccc(N3CCNCC3)c(C(=O)NC(C)C)c2)cc1. The molecule has 2 aromatic carbocycles. The molecule has 1 fully saturated rings. The second-order valence-corrected chi connectivity index (χ2v) is 9.20. The van der Waals surface area contributed by atoms with E-state index in [1.807, 2.05) is 26.8 Å². The summed E-state index contributed by atoms with van der Waals surface area (Å²) in [4.78, 5) is 15.1. The number of carbonyl (C=O) groups excluding carboxylic acids is 1. The average Bonchev–Trinajstić information content (AvgIpc) is 2.68. The van der Waals surface area contributed by atoms with Crippen LogP contribution < -0.4 is 20.3 Å². The molecule has 8 heteroatoms. The molecule has 1 heterocycles. The number of nitrogens with zero attached hydrogens (tertiary/aromatic N) is 1. The number of benzene rings is 2. The zero-order chi connectivity index (χ0) is 21.0. The van der Waals surface area contributed by atoms with Crippen LogP contribution in [0.5, 0.6) is 0 Å². The van der Waals surface area contributed by atoms with Gasteiger partial charge in [0.1, 0.15) is 0 Å². The molecule has 0 bridgehead atoms. The minimum absolute atomic E-state index is 0.0220. The molecule has 3 rings (SSSR count). The number of sulfonamides is 1. The summed E-state index contributed by atoms with van der Waals surface area (Å²) in [5, 5.41) is 6.20. The molecule has 1 aliphatic rings. The Hall–Kier alpha value is -2.58. The van der Waals surface area contributed by atoms with Crippen LogP contribution in [-0.2, 0) is 10.0 Å². The first-order chi connectivity index (χ1) is 13.8. The van der Waals surface area contributed by atoms with Crippen molar-refractivity contribution in [3.8, 4) is 0 Å². The quantitative estimate of drug-likeness (QED) is 0.673. The standard InChI is InChI=1S/C21H28N4O3S/c1-15(2)23-21(26)19-14-17(6-9-20(19)25-12-10-22-11-13-25)24-29(27,28)18-7-4-16(3)5-8-18/h4-9,14-15,22,24H,10-13H2,1-3H3,(H,23,26). The molecule has 29 heavy (non-hydrogen) atoms. The van der Waals surface area contributed by atoms with Crippen LogP contribution >= 0.6 is 0 Å². The van der Waals surface area contributed by atoms with Crippen LogP contribution in [0.25, 0.3) is 0 Å². The predicted molar refractivity (Wildman–Crippen MR) is 116 cm³/mol. The van der Waals surface area contributed by atoms with Gasteiger partial charge in [0.2, 0.25) is 0 Å². The van der Waals surface area contributed by atoms with E-state index in [2.05, 4.69) is 20.3 Å². The smallest absolute Gasteiger partial charge is 0.261 e. The molecule has 0 atom stereocenters. The Morgan fingerprint density at radius 1 is 1.07 bits per heavy atom. The number of hydrogen-bond acceptors (Lipinski definition) is 5. The Balaban J connectivity index is 1.93. The Bertz CT molecular complexity index is 966. The number of rotatable bonds is 6. The highest BCUT2D eigenvalue weighted by atomic mass is 32.2. The summed E-state index contributed by atoms with van der Waals surface area (Å²) in [5.74, 6) is -0.218. The first-order valence-electron chi connectivity index (χ1n) is 9.76. The van der Waals surface area contributed by atoms with Crippen molar-refractivity contribution in [2.45, 2.75) is 31.7 Å². The van der Waals surface area contributed by atoms with Crippen LogP contribution in [-0.4, -0.2) is 46.5 Å². The van der Waals surface area contributed by atoms with Gasteiger partial charge < -0.3 is 15.5 Å². The lowest BCUT2D eigenvalue weighted by Gasteiger charge is -2.31. The fraction of sp³-hybridized carbons (Fsp3) is 0.381. The lowest BCUT2D eigenvalue weighted by molar-refractivity contribution is 0.0943. The largest absolute Gasteiger partial charge is 0.368 e. The maximum atomic E-state index is 12.8. The van der Waals surface area contributed by atoms with E-state index in [0.717, 1.165) is 37.4 Å². The number of nitrogens with one attached hydrogen (secondary N) is 3. The summed E-state index contributed by atoms with van der Waals surface area (Å²) >= 11 is 0. The zero-order valence-electron chi connectivity index (χ0n) is 17.0. The van der Waals surface area contributed by atoms with Crippen molar-refractivity contribution in [1.29, 1.82) is 0 Å². The van der Waals surface area contributed by atoms with Crippen molar-refractivity contribution in [1.82, 2.24) is 10.6 Å². The molecule has 156 valence electrons. The van der Waals surface area contributed by atoms with E-state index in [1.165, 1.54) is 0 Å². The molecule has 1 aliphatic heterocycles. The first kappa shape index (κ1) is 21.1. The van der Waals surface area contributed by atoms with Gasteiger partial charge in [0.15, 0.2) is 0 Å². The number of carbonyl (C=O) groups is 1. The highest BCUT2D eigenvalue weighted by molar-refractivity contribution is 7.92. The van der Waals surface area contributed by atoms with Gasteiger partial charge in [-0.25, -0.2) is 8.42 Å². The van der Waals surface area contributed by atoms with Crippen LogP contribution in [0, 0.1) is 6.92 Å². The molecule has 1 amide bonds. The first-order valence-corrected chi connectivity index (χ1v) is 11.2. The third kappa shape index (κ3) is 5.27. The normalized spacial score (nSPS) is 14.7. The van der Waals surface area contributed by atoms with Gasteiger partial charge in [0.05, 0.1) is 10.5 Å². The van der Waals surface area contributed by atoms with E-state index in [-0.39, 0.29) is 16.8 Å². The van der Waals surface area contributed by atoms with Crippen LogP contribution in [0.4, 0.5) is 11.4 Å². The molecule has 7 nitrogen and oxygen atoms in total. The lowest BCUT2D eigenvalue weighted by Crippen LogP contribution is -2.44. The third-order valence-electron chi connectivity index (χ3n) is 4.70. The second kappa shape index (κ2) is 8.84. The van der Waals surface area contributed by atoms with Gasteiger partial charge in [-0.05, 0) is 51.1 Å². The molecule has 0 spiro atoms. The molecule has 0 aromatic heterocycles. The van der Waals surface area contributed by atoms with Crippen LogP contribution in [0.1, 0.15) is 29.8 Å². The molecule has 0 saturated carbocycles. The van der Waals surface area contributed by atoms with Crippen molar-refractivity contribution in [2.24, 2.45) is 0 Å². The number of anilines is 2. The summed E-state index contributed by atoms with van der Waals surface area (Å²) in [6, 6.07) is 11.8. The van der Waals surface area contributed by atoms with Gasteiger partial charge in [0.25, 0.3) is 15.9 Å². The fourth-order valence-electron chi connectivity index (χ4n) is 3.23. The Kier molecular flexibility index (Phi) is 6.44. The minimum atomic E-state index is -3.74. The Labute approximate surface area is 172 Å². The Morgan fingerprint density at radius 2 is 1.72 bits per heavy atom. The zero-order valence-corrected chi connectivity index (χ0v) is 17.8. The van der Waals surface area contributed by atoms with Gasteiger partial charge >= 0.3 is 0 Å². The molecule has 0 radical (unpaired) electrons. The van der Waals surface area contributed by atoms with E-state index in [0.29, 0.717) is 11.3 Å². The van der Waals surface area contributed by atoms with Gasteiger partial charge in [-0.3, -0.25) is 9.52 Å². The van der Waals surface area contributed by atoms with Gasteiger partial charge in [0, 0.05) is 43.6 Å². The summed E-state index contributed by atoms with van der Waals surface area (Å²) in [5.41, 5.74) is 2.61. The maximum absolute atomic E-state index is 12.8. The van der Waals surface area contributed by atoms with Crippen molar-refractivity contribution in [3.05, 3.63) is 53.6 Å². The van der Waals surface area contributed by atoms with E-state index >= 15 is 0 Å². The van der Waals surface area contributed by atoms with E-state index < -0.39 is 10.0 Å². The second-order valence-electron chi connectivity index (χ2n) is 7.52. The summed E-state index contributed by atoms with van der Waals surface area (Å²) in [6.07, 6.45) is 0. The topological polar surface area (TPSA) is 90.5 Å². The average molecular weight is 417 g/mol. The highest BCUT2D eigenvalue weighted by Gasteiger charge is 2.21. The molecule has 3 N–H and O–H groups in total. The van der Waals surface area contributed by atoms with Gasteiger partial charge in [-0.1, -0.05) is 17.7 Å². The number of hydrogen-bond donors (Lipinski definition) is 3. The molecular formula is C21H28N4O3S. The van der Waals surface area contributed by atoms with Gasteiger partial charge in [-0.2, -0.15) is 0 Å². The van der Waals surface area contributed by atoms with Gasteiger partial charge in [-0.15, -0.1) is 0 Å². The molecule has 0 aliphatic carbocycles. The number of amides is 1. The van der Waals surface area contributed by atoms with Crippen molar-refractivity contribution < 1.29 is 13.2 Å². The van der Waals surface area contributed by atoms with Crippen molar-refractivity contribution >= 4 is 27.3 Å². The number of piperazine rings is 1. The molecule has 0 unspecified atom stereocenters. The minimum Gasteiger partial charge on any atom is -0.368 e. The van der Waals surface area contributed by atoms with Crippen LogP contribution in [0.3, 0.4) is 0 Å². The van der Waals surface area contributed by atoms with Crippen molar-refractivity contribution in [3.63, 3.8) is 0 Å². The van der Waals surface area contributed by atoms with E-state index in [4.69, 9.17) is 0 Å². The fourth-order valence-corrected chi connectivity index (χ4v) is 4.28. The Morgan fingerprint density at radius 3 is 2.34 bits per heavy atom. The third-order valence-corrected chi connectivity index (χ3v) is 6.10.